The largest absolute Gasteiger partial charge is 0.483 e. The number of fused-ring (bicyclic) bond motifs is 5. The van der Waals surface area contributed by atoms with Gasteiger partial charge in [0.2, 0.25) is 0 Å². The van der Waals surface area contributed by atoms with Crippen LogP contribution in [0.2, 0.25) is 0 Å². The van der Waals surface area contributed by atoms with Crippen LogP contribution >= 0.6 is 0 Å². The molecule has 0 aliphatic carbocycles. The third-order valence-electron chi connectivity index (χ3n) is 7.03. The molecule has 29 heavy (non-hydrogen) atoms. The Morgan fingerprint density at radius 2 is 1.83 bits per heavy atom. The summed E-state index contributed by atoms with van der Waals surface area (Å²) in [5, 5.41) is 11.5. The fourth-order valence-corrected chi connectivity index (χ4v) is 5.68. The minimum absolute atomic E-state index is 0.157. The first-order valence-electron chi connectivity index (χ1n) is 10.8. The Balaban J connectivity index is 0.000000645. The van der Waals surface area contributed by atoms with Gasteiger partial charge in [-0.05, 0) is 58.1 Å². The number of aromatic nitrogens is 1. The van der Waals surface area contributed by atoms with E-state index in [1.807, 2.05) is 0 Å². The summed E-state index contributed by atoms with van der Waals surface area (Å²) in [5.41, 5.74) is 3.43. The number of aryl methyl sites for hydroxylation is 1. The fourth-order valence-electron chi connectivity index (χ4n) is 5.68. The molecule has 2 bridgehead atoms. The van der Waals surface area contributed by atoms with Crippen LogP contribution in [-0.4, -0.2) is 52.1 Å². The lowest BCUT2D eigenvalue weighted by Gasteiger charge is -2.47. The summed E-state index contributed by atoms with van der Waals surface area (Å²) in [6.45, 7) is 0.793. The van der Waals surface area contributed by atoms with Crippen molar-refractivity contribution in [3.63, 3.8) is 0 Å². The summed E-state index contributed by atoms with van der Waals surface area (Å²) in [7, 11) is 2.27. The van der Waals surface area contributed by atoms with Crippen LogP contribution in [0.25, 0.3) is 10.9 Å². The summed E-state index contributed by atoms with van der Waals surface area (Å²) in [6.07, 6.45) is 9.54. The van der Waals surface area contributed by atoms with Gasteiger partial charge >= 0.3 is 0 Å². The third kappa shape index (κ3) is 3.78. The van der Waals surface area contributed by atoms with Crippen molar-refractivity contribution in [2.75, 3.05) is 7.05 Å². The van der Waals surface area contributed by atoms with Gasteiger partial charge in [0, 0.05) is 41.3 Å². The zero-order chi connectivity index (χ0) is 20.4. The van der Waals surface area contributed by atoms with Gasteiger partial charge in [-0.1, -0.05) is 24.6 Å². The number of rotatable bonds is 2. The van der Waals surface area contributed by atoms with Gasteiger partial charge in [-0.3, -0.25) is 9.59 Å². The minimum atomic E-state index is -0.250. The standard InChI is InChI=1S/C22H29N3O.CH2O2/c1-24-16-7-6-8-17(24)14-15(13-16)23-22(26)21-18-9-2-3-10-19(18)25-12-5-4-11-20(21)25;2-1-3/h2-3,9-10,15-17H,4-8,11-14H2,1H3,(H,23,26);1H,(H,2,3). The topological polar surface area (TPSA) is 74.6 Å². The monoisotopic (exact) mass is 397 g/mol. The Hall–Kier alpha value is -2.34. The van der Waals surface area contributed by atoms with Crippen molar-refractivity contribution < 1.29 is 14.7 Å². The number of nitrogens with one attached hydrogen (secondary N) is 1. The second-order valence-electron chi connectivity index (χ2n) is 8.60. The molecule has 6 heteroatoms. The van der Waals surface area contributed by atoms with E-state index in [4.69, 9.17) is 9.90 Å². The van der Waals surface area contributed by atoms with Crippen LogP contribution in [0.5, 0.6) is 0 Å². The SMILES string of the molecule is CN1C2CCCC1CC(NC(=O)c1c3n(c4ccccc14)CCCC3)C2.O=CO. The van der Waals surface area contributed by atoms with Crippen LogP contribution in [0.1, 0.15) is 61.0 Å². The highest BCUT2D eigenvalue weighted by Gasteiger charge is 2.37. The predicted molar refractivity (Wildman–Crippen MR) is 113 cm³/mol. The molecule has 6 nitrogen and oxygen atoms in total. The van der Waals surface area contributed by atoms with Crippen molar-refractivity contribution in [1.29, 1.82) is 0 Å². The molecule has 3 aliphatic rings. The molecular weight excluding hydrogens is 366 g/mol. The zero-order valence-electron chi connectivity index (χ0n) is 17.1. The first kappa shape index (κ1) is 20.0. The molecule has 0 saturated carbocycles. The lowest BCUT2D eigenvalue weighted by atomic mass is 9.82. The van der Waals surface area contributed by atoms with Gasteiger partial charge in [0.05, 0.1) is 5.56 Å². The fraction of sp³-hybridized carbons (Fsp3) is 0.565. The van der Waals surface area contributed by atoms with E-state index in [0.717, 1.165) is 36.8 Å². The van der Waals surface area contributed by atoms with E-state index in [9.17, 15) is 4.79 Å². The van der Waals surface area contributed by atoms with Crippen molar-refractivity contribution >= 4 is 23.3 Å². The second kappa shape index (κ2) is 8.57. The van der Waals surface area contributed by atoms with Gasteiger partial charge in [0.15, 0.2) is 0 Å². The quantitative estimate of drug-likeness (QED) is 0.762. The molecule has 2 unspecified atom stereocenters. The minimum Gasteiger partial charge on any atom is -0.483 e. The third-order valence-corrected chi connectivity index (χ3v) is 7.03. The molecule has 2 fully saturated rings. The summed E-state index contributed by atoms with van der Waals surface area (Å²) >= 11 is 0. The molecule has 3 aliphatic heterocycles. The first-order valence-corrected chi connectivity index (χ1v) is 10.8. The van der Waals surface area contributed by atoms with Crippen LogP contribution in [0.3, 0.4) is 0 Å². The number of para-hydroxylation sites is 1. The van der Waals surface area contributed by atoms with E-state index in [1.54, 1.807) is 0 Å². The number of carboxylic acid groups (broad SMARTS) is 1. The Labute approximate surface area is 171 Å². The van der Waals surface area contributed by atoms with E-state index in [1.165, 1.54) is 43.3 Å². The van der Waals surface area contributed by atoms with Crippen LogP contribution in [0.4, 0.5) is 0 Å². The van der Waals surface area contributed by atoms with Crippen molar-refractivity contribution in [2.24, 2.45) is 0 Å². The summed E-state index contributed by atoms with van der Waals surface area (Å²) in [6, 6.07) is 10.1. The average molecular weight is 398 g/mol. The van der Waals surface area contributed by atoms with Crippen LogP contribution in [-0.2, 0) is 17.8 Å². The van der Waals surface area contributed by atoms with E-state index in [-0.39, 0.29) is 12.4 Å². The highest BCUT2D eigenvalue weighted by atomic mass is 16.3. The summed E-state index contributed by atoms with van der Waals surface area (Å²) in [5.74, 6) is 0.157. The Morgan fingerprint density at radius 1 is 1.14 bits per heavy atom. The molecule has 4 heterocycles. The molecular formula is C23H31N3O3. The summed E-state index contributed by atoms with van der Waals surface area (Å²) in [4.78, 5) is 24.2. The van der Waals surface area contributed by atoms with Gasteiger partial charge < -0.3 is 19.9 Å². The van der Waals surface area contributed by atoms with Crippen molar-refractivity contribution in [3.05, 3.63) is 35.5 Å². The van der Waals surface area contributed by atoms with E-state index >= 15 is 0 Å². The van der Waals surface area contributed by atoms with Crippen LogP contribution in [0.15, 0.2) is 24.3 Å². The number of piperidine rings is 2. The maximum atomic E-state index is 13.3. The van der Waals surface area contributed by atoms with E-state index in [2.05, 4.69) is 46.1 Å². The molecule has 2 N–H and O–H groups in total. The van der Waals surface area contributed by atoms with Crippen LogP contribution in [0, 0.1) is 0 Å². The molecule has 2 saturated heterocycles. The molecule has 1 aromatic heterocycles. The molecule has 1 amide bonds. The van der Waals surface area contributed by atoms with E-state index in [0.29, 0.717) is 18.1 Å². The lowest BCUT2D eigenvalue weighted by molar-refractivity contribution is -0.122. The number of amides is 1. The zero-order valence-corrected chi connectivity index (χ0v) is 17.1. The van der Waals surface area contributed by atoms with Crippen molar-refractivity contribution in [1.82, 2.24) is 14.8 Å². The number of benzene rings is 1. The van der Waals surface area contributed by atoms with Gasteiger partial charge in [0.1, 0.15) is 0 Å². The van der Waals surface area contributed by atoms with Crippen molar-refractivity contribution in [3.8, 4) is 0 Å². The highest BCUT2D eigenvalue weighted by Crippen LogP contribution is 2.34. The normalized spacial score (nSPS) is 26.2. The van der Waals surface area contributed by atoms with Crippen LogP contribution < -0.4 is 5.32 Å². The first-order chi connectivity index (χ1) is 14.1. The lowest BCUT2D eigenvalue weighted by Crippen LogP contribution is -2.55. The van der Waals surface area contributed by atoms with Gasteiger partial charge in [0.25, 0.3) is 12.4 Å². The Kier molecular flexibility index (Phi) is 5.90. The average Bonchev–Trinajstić information content (AvgIpc) is 3.04. The molecule has 2 atom stereocenters. The molecule has 0 radical (unpaired) electrons. The number of carbonyl (C=O) groups excluding carboxylic acids is 1. The van der Waals surface area contributed by atoms with E-state index < -0.39 is 0 Å². The molecule has 1 aromatic carbocycles. The molecule has 156 valence electrons. The number of carbonyl (C=O) groups is 2. The van der Waals surface area contributed by atoms with Gasteiger partial charge in [-0.25, -0.2) is 0 Å². The maximum Gasteiger partial charge on any atom is 0.290 e. The number of nitrogens with zero attached hydrogens (tertiary/aromatic N) is 2. The Bertz CT molecular complexity index is 877. The predicted octanol–water partition coefficient (Wildman–Crippen LogP) is 3.42. The number of hydrogen-bond acceptors (Lipinski definition) is 3. The smallest absolute Gasteiger partial charge is 0.290 e. The Morgan fingerprint density at radius 3 is 2.55 bits per heavy atom. The second-order valence-corrected chi connectivity index (χ2v) is 8.60. The number of hydrogen-bond donors (Lipinski definition) is 2. The molecule has 5 rings (SSSR count). The van der Waals surface area contributed by atoms with Gasteiger partial charge in [-0.2, -0.15) is 0 Å². The molecule has 2 aromatic rings. The summed E-state index contributed by atoms with van der Waals surface area (Å²) < 4.78 is 2.39. The maximum absolute atomic E-state index is 13.3. The van der Waals surface area contributed by atoms with Gasteiger partial charge in [-0.15, -0.1) is 0 Å². The highest BCUT2D eigenvalue weighted by molar-refractivity contribution is 6.08. The van der Waals surface area contributed by atoms with Crippen molar-refractivity contribution in [2.45, 2.75) is 76.0 Å². The molecule has 0 spiro atoms.